The van der Waals surface area contributed by atoms with Gasteiger partial charge in [-0.2, -0.15) is 13.1 Å². The zero-order chi connectivity index (χ0) is 18.3. The Morgan fingerprint density at radius 1 is 1.29 bits per heavy atom. The Kier molecular flexibility index (Phi) is 7.53. The number of benzene rings is 1. The van der Waals surface area contributed by atoms with Gasteiger partial charge in [0.15, 0.2) is 0 Å². The van der Waals surface area contributed by atoms with Crippen molar-refractivity contribution in [3.8, 4) is 0 Å². The molecular formula is C16H24FN3O3S. The fourth-order valence-corrected chi connectivity index (χ4v) is 2.83. The summed E-state index contributed by atoms with van der Waals surface area (Å²) in [6.07, 6.45) is 1.67. The van der Waals surface area contributed by atoms with Gasteiger partial charge in [0.25, 0.3) is 5.91 Å². The molecule has 0 bridgehead atoms. The van der Waals surface area contributed by atoms with Crippen molar-refractivity contribution in [3.63, 3.8) is 0 Å². The second-order valence-electron chi connectivity index (χ2n) is 5.76. The van der Waals surface area contributed by atoms with E-state index in [2.05, 4.69) is 10.0 Å². The summed E-state index contributed by atoms with van der Waals surface area (Å²) in [6, 6.07) is 5.76. The van der Waals surface area contributed by atoms with E-state index in [-0.39, 0.29) is 29.6 Å². The first-order chi connectivity index (χ1) is 11.2. The van der Waals surface area contributed by atoms with Gasteiger partial charge in [-0.1, -0.05) is 38.1 Å². The van der Waals surface area contributed by atoms with Gasteiger partial charge in [0.1, 0.15) is 5.82 Å². The van der Waals surface area contributed by atoms with Crippen molar-refractivity contribution in [3.05, 3.63) is 47.3 Å². The minimum atomic E-state index is -4.08. The van der Waals surface area contributed by atoms with E-state index in [1.807, 2.05) is 18.6 Å². The molecule has 0 aliphatic rings. The normalized spacial score (nSPS) is 13.8. The van der Waals surface area contributed by atoms with E-state index >= 15 is 0 Å². The van der Waals surface area contributed by atoms with E-state index in [1.54, 1.807) is 19.2 Å². The van der Waals surface area contributed by atoms with Crippen LogP contribution in [-0.2, 0) is 21.5 Å². The molecule has 0 aliphatic carbocycles. The van der Waals surface area contributed by atoms with Crippen molar-refractivity contribution >= 4 is 16.1 Å². The quantitative estimate of drug-likeness (QED) is 0.615. The lowest BCUT2D eigenvalue weighted by molar-refractivity contribution is -0.115. The second kappa shape index (κ2) is 8.91. The minimum Gasteiger partial charge on any atom is -0.313 e. The summed E-state index contributed by atoms with van der Waals surface area (Å²) in [4.78, 5) is 12.0. The average Bonchev–Trinajstić information content (AvgIpc) is 2.50. The van der Waals surface area contributed by atoms with Gasteiger partial charge in [-0.3, -0.25) is 4.79 Å². The Balaban J connectivity index is 2.71. The molecule has 0 saturated heterocycles. The first kappa shape index (κ1) is 20.3. The Labute approximate surface area is 142 Å². The number of carbonyl (C=O) groups excluding carboxylic acids is 1. The maximum Gasteiger partial charge on any atom is 0.301 e. The highest BCUT2D eigenvalue weighted by molar-refractivity contribution is 7.88. The van der Waals surface area contributed by atoms with Crippen LogP contribution in [0.15, 0.2) is 35.9 Å². The van der Waals surface area contributed by atoms with Crippen LogP contribution in [0.5, 0.6) is 0 Å². The molecule has 1 amide bonds. The summed E-state index contributed by atoms with van der Waals surface area (Å²) in [5.41, 5.74) is 0.469. The van der Waals surface area contributed by atoms with E-state index in [1.165, 1.54) is 25.1 Å². The molecule has 6 nitrogen and oxygen atoms in total. The van der Waals surface area contributed by atoms with E-state index in [0.29, 0.717) is 0 Å². The molecule has 0 aliphatic heterocycles. The van der Waals surface area contributed by atoms with Crippen molar-refractivity contribution in [2.45, 2.75) is 33.4 Å². The van der Waals surface area contributed by atoms with Gasteiger partial charge in [0.2, 0.25) is 0 Å². The van der Waals surface area contributed by atoms with Gasteiger partial charge in [-0.05, 0) is 26.0 Å². The summed E-state index contributed by atoms with van der Waals surface area (Å²) < 4.78 is 41.4. The lowest BCUT2D eigenvalue weighted by Crippen LogP contribution is -2.41. The number of carbonyl (C=O) groups is 1. The molecule has 134 valence electrons. The Bertz CT molecular complexity index is 702. The first-order valence-electron chi connectivity index (χ1n) is 7.57. The number of rotatable bonds is 8. The maximum atomic E-state index is 13.5. The molecule has 3 N–H and O–H groups in total. The standard InChI is InChI=1S/C16H24FN3O3S/c1-11(2)15(18-4)9-12(3)16(21)20-24(22,23)19-10-13-7-5-6-8-14(13)17/h5-9,11,15,18-19H,10H2,1-4H3,(H,20,21)/b12-9+/t15-/m1/s1. The molecule has 1 aromatic carbocycles. The number of likely N-dealkylation sites (N-methyl/N-ethyl adjacent to an activating group) is 1. The summed E-state index contributed by atoms with van der Waals surface area (Å²) in [5.74, 6) is -0.998. The van der Waals surface area contributed by atoms with Crippen LogP contribution in [0.3, 0.4) is 0 Å². The smallest absolute Gasteiger partial charge is 0.301 e. The fourth-order valence-electron chi connectivity index (χ4n) is 2.01. The van der Waals surface area contributed by atoms with Crippen molar-refractivity contribution in [1.29, 1.82) is 0 Å². The Hall–Kier alpha value is -1.77. The SMILES string of the molecule is CN[C@H](/C=C(\C)C(=O)NS(=O)(=O)NCc1ccccc1F)C(C)C. The van der Waals surface area contributed by atoms with Crippen LogP contribution in [0, 0.1) is 11.7 Å². The molecule has 0 fully saturated rings. The van der Waals surface area contributed by atoms with Crippen molar-refractivity contribution in [2.24, 2.45) is 5.92 Å². The monoisotopic (exact) mass is 357 g/mol. The largest absolute Gasteiger partial charge is 0.313 e. The molecule has 0 saturated carbocycles. The van der Waals surface area contributed by atoms with Gasteiger partial charge in [0.05, 0.1) is 0 Å². The number of amides is 1. The number of nitrogens with one attached hydrogen (secondary N) is 3. The van der Waals surface area contributed by atoms with Gasteiger partial charge >= 0.3 is 10.2 Å². The fraction of sp³-hybridized carbons (Fsp3) is 0.438. The summed E-state index contributed by atoms with van der Waals surface area (Å²) in [5, 5.41) is 3.04. The van der Waals surface area contributed by atoms with Crippen LogP contribution < -0.4 is 14.8 Å². The first-order valence-corrected chi connectivity index (χ1v) is 9.05. The molecule has 1 aromatic rings. The van der Waals surface area contributed by atoms with Crippen LogP contribution in [0.4, 0.5) is 4.39 Å². The molecule has 24 heavy (non-hydrogen) atoms. The third-order valence-corrected chi connectivity index (χ3v) is 4.46. The Morgan fingerprint density at radius 2 is 1.92 bits per heavy atom. The third kappa shape index (κ3) is 6.38. The van der Waals surface area contributed by atoms with E-state index in [9.17, 15) is 17.6 Å². The highest BCUT2D eigenvalue weighted by Crippen LogP contribution is 2.07. The predicted octanol–water partition coefficient (Wildman–Crippen LogP) is 1.47. The van der Waals surface area contributed by atoms with Gasteiger partial charge < -0.3 is 5.32 Å². The van der Waals surface area contributed by atoms with E-state index in [0.717, 1.165) is 0 Å². The van der Waals surface area contributed by atoms with E-state index in [4.69, 9.17) is 0 Å². The summed E-state index contributed by atoms with van der Waals surface area (Å²) in [6.45, 7) is 5.25. The lowest BCUT2D eigenvalue weighted by atomic mass is 10.0. The van der Waals surface area contributed by atoms with E-state index < -0.39 is 21.9 Å². The van der Waals surface area contributed by atoms with Crippen LogP contribution in [0.2, 0.25) is 0 Å². The minimum absolute atomic E-state index is 0.0511. The van der Waals surface area contributed by atoms with Crippen molar-refractivity contribution in [1.82, 2.24) is 14.8 Å². The van der Waals surface area contributed by atoms with Crippen LogP contribution in [0.1, 0.15) is 26.3 Å². The van der Waals surface area contributed by atoms with Crippen LogP contribution >= 0.6 is 0 Å². The van der Waals surface area contributed by atoms with Gasteiger partial charge in [-0.15, -0.1) is 0 Å². The number of halogens is 1. The summed E-state index contributed by atoms with van der Waals surface area (Å²) in [7, 11) is -2.32. The van der Waals surface area contributed by atoms with Crippen LogP contribution in [0.25, 0.3) is 0 Å². The second-order valence-corrected chi connectivity index (χ2v) is 7.25. The van der Waals surface area contributed by atoms with Crippen molar-refractivity contribution < 1.29 is 17.6 Å². The topological polar surface area (TPSA) is 87.3 Å². The molecule has 0 aromatic heterocycles. The number of hydrogen-bond acceptors (Lipinski definition) is 4. The lowest BCUT2D eigenvalue weighted by Gasteiger charge is -2.17. The van der Waals surface area contributed by atoms with Gasteiger partial charge in [0, 0.05) is 23.7 Å². The molecule has 0 heterocycles. The molecule has 1 rings (SSSR count). The molecule has 1 atom stereocenters. The number of hydrogen-bond donors (Lipinski definition) is 3. The van der Waals surface area contributed by atoms with Crippen LogP contribution in [-0.4, -0.2) is 27.4 Å². The van der Waals surface area contributed by atoms with Gasteiger partial charge in [-0.25, -0.2) is 9.11 Å². The highest BCUT2D eigenvalue weighted by atomic mass is 32.2. The molecule has 0 spiro atoms. The highest BCUT2D eigenvalue weighted by Gasteiger charge is 2.17. The molecule has 0 unspecified atom stereocenters. The average molecular weight is 357 g/mol. The molecule has 0 radical (unpaired) electrons. The van der Waals surface area contributed by atoms with Crippen molar-refractivity contribution in [2.75, 3.05) is 7.05 Å². The maximum absolute atomic E-state index is 13.5. The predicted molar refractivity (Wildman–Crippen MR) is 91.7 cm³/mol. The zero-order valence-electron chi connectivity index (χ0n) is 14.3. The molecule has 8 heteroatoms. The Morgan fingerprint density at radius 3 is 2.46 bits per heavy atom. The third-order valence-electron chi connectivity index (χ3n) is 3.48. The summed E-state index contributed by atoms with van der Waals surface area (Å²) >= 11 is 0. The zero-order valence-corrected chi connectivity index (χ0v) is 15.1. The molecular weight excluding hydrogens is 333 g/mol.